The van der Waals surface area contributed by atoms with Crippen LogP contribution in [0.4, 0.5) is 13.2 Å². The number of nitrogens with zero attached hydrogens (tertiary/aromatic N) is 3. The summed E-state index contributed by atoms with van der Waals surface area (Å²) >= 11 is 0. The Morgan fingerprint density at radius 2 is 1.93 bits per heavy atom. The molecule has 3 aromatic rings. The molecule has 2 aromatic heterocycles. The van der Waals surface area contributed by atoms with Gasteiger partial charge < -0.3 is 15.1 Å². The average molecular weight is 534 g/mol. The van der Waals surface area contributed by atoms with Gasteiger partial charge in [-0.2, -0.15) is 18.3 Å². The molecule has 0 atom stereocenters. The lowest BCUT2D eigenvalue weighted by Gasteiger charge is -2.11. The van der Waals surface area contributed by atoms with Crippen LogP contribution in [0.25, 0.3) is 11.6 Å². The lowest BCUT2D eigenvalue weighted by Crippen LogP contribution is -2.38. The van der Waals surface area contributed by atoms with E-state index in [0.717, 1.165) is 12.1 Å². The predicted octanol–water partition coefficient (Wildman–Crippen LogP) is 4.00. The predicted molar refractivity (Wildman–Crippen MR) is 117 cm³/mol. The second-order valence-electron chi connectivity index (χ2n) is 6.15. The highest BCUT2D eigenvalue weighted by molar-refractivity contribution is 14.0. The van der Waals surface area contributed by atoms with Crippen LogP contribution in [0.5, 0.6) is 0 Å². The average Bonchev–Trinajstić information content (AvgIpc) is 3.37. The van der Waals surface area contributed by atoms with Crippen molar-refractivity contribution in [2.24, 2.45) is 4.99 Å². The van der Waals surface area contributed by atoms with Crippen molar-refractivity contribution in [3.63, 3.8) is 0 Å². The third-order valence-corrected chi connectivity index (χ3v) is 3.97. The Morgan fingerprint density at radius 3 is 2.57 bits per heavy atom. The van der Waals surface area contributed by atoms with E-state index in [1.54, 1.807) is 18.4 Å². The quantitative estimate of drug-likeness (QED) is 0.242. The Morgan fingerprint density at radius 1 is 1.17 bits per heavy atom. The maximum absolute atomic E-state index is 12.6. The first kappa shape index (κ1) is 23.7. The summed E-state index contributed by atoms with van der Waals surface area (Å²) in [6, 6.07) is 8.53. The number of guanidine groups is 1. The molecule has 0 aliphatic rings. The number of furan rings is 1. The molecule has 0 amide bonds. The molecule has 0 unspecified atom stereocenters. The minimum Gasteiger partial charge on any atom is -0.461 e. The van der Waals surface area contributed by atoms with Crippen LogP contribution in [0, 0.1) is 0 Å². The number of H-pyrrole nitrogens is 1. The molecule has 162 valence electrons. The molecule has 0 fully saturated rings. The molecule has 3 N–H and O–H groups in total. The Kier molecular flexibility index (Phi) is 8.69. The molecule has 0 saturated carbocycles. The van der Waals surface area contributed by atoms with Crippen LogP contribution in [0.3, 0.4) is 0 Å². The van der Waals surface area contributed by atoms with Crippen LogP contribution >= 0.6 is 24.0 Å². The molecular formula is C19H22F3IN6O. The molecule has 0 aliphatic carbocycles. The van der Waals surface area contributed by atoms with Gasteiger partial charge >= 0.3 is 6.18 Å². The van der Waals surface area contributed by atoms with Crippen molar-refractivity contribution < 1.29 is 17.6 Å². The zero-order chi connectivity index (χ0) is 20.7. The second-order valence-corrected chi connectivity index (χ2v) is 6.15. The summed E-state index contributed by atoms with van der Waals surface area (Å²) in [6.45, 7) is 3.40. The lowest BCUT2D eigenvalue weighted by molar-refractivity contribution is -0.137. The zero-order valence-corrected chi connectivity index (χ0v) is 18.5. The number of hydrogen-bond acceptors (Lipinski definition) is 4. The number of halogens is 4. The van der Waals surface area contributed by atoms with Gasteiger partial charge in [-0.1, -0.05) is 12.1 Å². The standard InChI is InChI=1S/C19H21F3N6O.HI/c1-2-23-18(25-12-13-5-7-14(8-6-13)19(20,21)22)24-10-9-16-26-17(28-27-16)15-4-3-11-29-15;/h3-8,11H,2,9-10,12H2,1H3,(H2,23,24,25)(H,26,27,28);1H. The van der Waals surface area contributed by atoms with Crippen molar-refractivity contribution in [1.29, 1.82) is 0 Å². The third kappa shape index (κ3) is 6.75. The summed E-state index contributed by atoms with van der Waals surface area (Å²) in [4.78, 5) is 8.77. The SMILES string of the molecule is CCNC(=NCc1ccc(C(F)(F)F)cc1)NCCc1nc(-c2ccco2)n[nH]1.I. The Hall–Kier alpha value is -2.57. The molecule has 7 nitrogen and oxygen atoms in total. The lowest BCUT2D eigenvalue weighted by atomic mass is 10.1. The highest BCUT2D eigenvalue weighted by Gasteiger charge is 2.29. The first-order valence-corrected chi connectivity index (χ1v) is 9.09. The van der Waals surface area contributed by atoms with Crippen molar-refractivity contribution in [2.45, 2.75) is 26.1 Å². The highest BCUT2D eigenvalue weighted by Crippen LogP contribution is 2.29. The number of rotatable bonds is 7. The number of aromatic nitrogens is 3. The van der Waals surface area contributed by atoms with Gasteiger partial charge in [0.25, 0.3) is 0 Å². The maximum Gasteiger partial charge on any atom is 0.416 e. The smallest absolute Gasteiger partial charge is 0.416 e. The fraction of sp³-hybridized carbons (Fsp3) is 0.316. The van der Waals surface area contributed by atoms with Gasteiger partial charge in [0.15, 0.2) is 11.7 Å². The maximum atomic E-state index is 12.6. The molecule has 0 radical (unpaired) electrons. The second kappa shape index (κ2) is 11.0. The molecule has 1 aromatic carbocycles. The van der Waals surface area contributed by atoms with Crippen molar-refractivity contribution in [3.05, 3.63) is 59.6 Å². The van der Waals surface area contributed by atoms with E-state index < -0.39 is 11.7 Å². The summed E-state index contributed by atoms with van der Waals surface area (Å²) in [5.74, 6) is 2.35. The monoisotopic (exact) mass is 534 g/mol. The molecule has 3 rings (SSSR count). The van der Waals surface area contributed by atoms with E-state index in [2.05, 4.69) is 30.8 Å². The number of nitrogens with one attached hydrogen (secondary N) is 3. The van der Waals surface area contributed by atoms with Crippen molar-refractivity contribution >= 4 is 29.9 Å². The van der Waals surface area contributed by atoms with E-state index in [1.165, 1.54) is 12.1 Å². The van der Waals surface area contributed by atoms with E-state index in [9.17, 15) is 13.2 Å². The summed E-state index contributed by atoms with van der Waals surface area (Å²) in [7, 11) is 0. The van der Waals surface area contributed by atoms with Crippen LogP contribution < -0.4 is 10.6 Å². The molecular weight excluding hydrogens is 512 g/mol. The fourth-order valence-corrected chi connectivity index (χ4v) is 2.53. The van der Waals surface area contributed by atoms with Gasteiger partial charge in [0.2, 0.25) is 5.82 Å². The summed E-state index contributed by atoms with van der Waals surface area (Å²) in [6.07, 6.45) is -2.20. The number of aromatic amines is 1. The van der Waals surface area contributed by atoms with Crippen LogP contribution in [0.1, 0.15) is 23.9 Å². The summed E-state index contributed by atoms with van der Waals surface area (Å²) < 4.78 is 43.1. The van der Waals surface area contributed by atoms with Crippen LogP contribution in [0.2, 0.25) is 0 Å². The topological polar surface area (TPSA) is 91.1 Å². The Balaban J connectivity index is 0.00000320. The summed E-state index contributed by atoms with van der Waals surface area (Å²) in [5.41, 5.74) is 0.0183. The molecule has 0 saturated heterocycles. The van der Waals surface area contributed by atoms with Gasteiger partial charge in [0.1, 0.15) is 5.82 Å². The van der Waals surface area contributed by atoms with E-state index in [0.29, 0.717) is 48.4 Å². The van der Waals surface area contributed by atoms with Gasteiger partial charge in [-0.25, -0.2) is 9.98 Å². The van der Waals surface area contributed by atoms with E-state index in [4.69, 9.17) is 4.42 Å². The van der Waals surface area contributed by atoms with E-state index in [1.807, 2.05) is 6.92 Å². The molecule has 30 heavy (non-hydrogen) atoms. The van der Waals surface area contributed by atoms with E-state index in [-0.39, 0.29) is 30.5 Å². The molecule has 11 heteroatoms. The Bertz CT molecular complexity index is 923. The number of benzene rings is 1. The zero-order valence-electron chi connectivity index (χ0n) is 16.2. The molecule has 2 heterocycles. The Labute approximate surface area is 188 Å². The van der Waals surface area contributed by atoms with Crippen molar-refractivity contribution in [1.82, 2.24) is 25.8 Å². The largest absolute Gasteiger partial charge is 0.461 e. The van der Waals surface area contributed by atoms with E-state index >= 15 is 0 Å². The normalized spacial score (nSPS) is 11.8. The molecule has 0 bridgehead atoms. The molecule has 0 spiro atoms. The number of hydrogen-bond donors (Lipinski definition) is 3. The van der Waals surface area contributed by atoms with Crippen LogP contribution in [0.15, 0.2) is 52.1 Å². The highest BCUT2D eigenvalue weighted by atomic mass is 127. The fourth-order valence-electron chi connectivity index (χ4n) is 2.53. The van der Waals surface area contributed by atoms with Crippen LogP contribution in [-0.4, -0.2) is 34.2 Å². The first-order chi connectivity index (χ1) is 14.0. The van der Waals surface area contributed by atoms with Gasteiger partial charge in [0, 0.05) is 19.5 Å². The van der Waals surface area contributed by atoms with Gasteiger partial charge in [-0.05, 0) is 36.8 Å². The van der Waals surface area contributed by atoms with Crippen molar-refractivity contribution in [2.75, 3.05) is 13.1 Å². The minimum absolute atomic E-state index is 0. The third-order valence-electron chi connectivity index (χ3n) is 3.97. The van der Waals surface area contributed by atoms with Crippen molar-refractivity contribution in [3.8, 4) is 11.6 Å². The van der Waals surface area contributed by atoms with Gasteiger partial charge in [-0.3, -0.25) is 5.10 Å². The first-order valence-electron chi connectivity index (χ1n) is 9.09. The summed E-state index contributed by atoms with van der Waals surface area (Å²) in [5, 5.41) is 13.2. The van der Waals surface area contributed by atoms with Crippen LogP contribution in [-0.2, 0) is 19.1 Å². The molecule has 0 aliphatic heterocycles. The van der Waals surface area contributed by atoms with Gasteiger partial charge in [-0.15, -0.1) is 24.0 Å². The number of aliphatic imine (C=N–C) groups is 1. The van der Waals surface area contributed by atoms with Gasteiger partial charge in [0.05, 0.1) is 18.4 Å². The minimum atomic E-state index is -4.34. The number of alkyl halides is 3.